The topological polar surface area (TPSA) is 58.6 Å². The number of nitrogens with zero attached hydrogens (tertiary/aromatic N) is 1. The van der Waals surface area contributed by atoms with Crippen molar-refractivity contribution in [2.45, 2.75) is 38.4 Å². The van der Waals surface area contributed by atoms with Crippen molar-refractivity contribution in [1.82, 2.24) is 5.32 Å². The van der Waals surface area contributed by atoms with E-state index < -0.39 is 0 Å². The maximum absolute atomic E-state index is 13.1. The van der Waals surface area contributed by atoms with Crippen LogP contribution in [0, 0.1) is 11.8 Å². The summed E-state index contributed by atoms with van der Waals surface area (Å²) in [5, 5.41) is 2.79. The van der Waals surface area contributed by atoms with Gasteiger partial charge in [-0.2, -0.15) is 0 Å². The third-order valence-corrected chi connectivity index (χ3v) is 5.97. The smallest absolute Gasteiger partial charge is 0.236 e. The van der Waals surface area contributed by atoms with Crippen LogP contribution in [0.4, 0.5) is 5.69 Å². The highest BCUT2D eigenvalue weighted by atomic mass is 31.0. The van der Waals surface area contributed by atoms with Gasteiger partial charge >= 0.3 is 0 Å². The molecule has 0 radical (unpaired) electrons. The predicted molar refractivity (Wildman–Crippen MR) is 136 cm³/mol. The zero-order valence-corrected chi connectivity index (χ0v) is 20.2. The number of fused-ring (bicyclic) bond motifs is 2. The van der Waals surface area contributed by atoms with Crippen molar-refractivity contribution in [3.8, 4) is 11.8 Å². The minimum Gasteiger partial charge on any atom is -0.380 e. The molecule has 0 saturated heterocycles. The Morgan fingerprint density at radius 1 is 1.12 bits per heavy atom. The van der Waals surface area contributed by atoms with Gasteiger partial charge in [-0.05, 0) is 49.2 Å². The van der Waals surface area contributed by atoms with Crippen molar-refractivity contribution in [3.63, 3.8) is 0 Å². The first-order valence-corrected chi connectivity index (χ1v) is 12.0. The number of anilines is 1. The Labute approximate surface area is 198 Å². The lowest BCUT2D eigenvalue weighted by Gasteiger charge is -2.25. The molecule has 2 aromatic rings. The molecule has 1 aliphatic heterocycles. The molecular formula is C27H31N2O3P. The lowest BCUT2D eigenvalue weighted by molar-refractivity contribution is -0.128. The third kappa shape index (κ3) is 7.56. The summed E-state index contributed by atoms with van der Waals surface area (Å²) in [4.78, 5) is 27.2. The number of ether oxygens (including phenoxy) is 1. The first-order valence-electron chi connectivity index (χ1n) is 11.3. The monoisotopic (exact) mass is 462 g/mol. The Morgan fingerprint density at radius 3 is 2.67 bits per heavy atom. The maximum atomic E-state index is 13.1. The number of nitrogens with one attached hydrogen (secondary N) is 1. The van der Waals surface area contributed by atoms with Crippen LogP contribution in [-0.2, 0) is 20.9 Å². The summed E-state index contributed by atoms with van der Waals surface area (Å²) >= 11 is 0. The van der Waals surface area contributed by atoms with Crippen molar-refractivity contribution in [2.75, 3.05) is 24.7 Å². The lowest BCUT2D eigenvalue weighted by atomic mass is 10.0. The second kappa shape index (κ2) is 12.9. The molecule has 2 unspecified atom stereocenters. The standard InChI is InChI=1S/C27H31N2O3P/c1-2-3-11-24(33)15-17-32-18-16-28-26(30)19-27(31)29-20-23-10-5-4-8-21(23)13-14-22-9-6-7-12-25(22)29/h2-10,12,24H,11,15-20,33H2,1H3,(H,28,30). The lowest BCUT2D eigenvalue weighted by Crippen LogP contribution is -2.37. The molecule has 0 fully saturated rings. The van der Waals surface area contributed by atoms with E-state index in [1.807, 2.05) is 61.5 Å². The van der Waals surface area contributed by atoms with Gasteiger partial charge in [0.05, 0.1) is 18.8 Å². The van der Waals surface area contributed by atoms with Gasteiger partial charge in [-0.25, -0.2) is 0 Å². The number of carbonyl (C=O) groups is 2. The molecule has 1 heterocycles. The summed E-state index contributed by atoms with van der Waals surface area (Å²) < 4.78 is 5.61. The zero-order chi connectivity index (χ0) is 23.5. The zero-order valence-electron chi connectivity index (χ0n) is 19.0. The largest absolute Gasteiger partial charge is 0.380 e. The number of hydrogen-bond acceptors (Lipinski definition) is 3. The van der Waals surface area contributed by atoms with Crippen molar-refractivity contribution < 1.29 is 14.3 Å². The Bertz CT molecular complexity index is 1050. The van der Waals surface area contributed by atoms with E-state index in [0.717, 1.165) is 35.2 Å². The molecule has 6 heteroatoms. The van der Waals surface area contributed by atoms with Crippen LogP contribution in [0.15, 0.2) is 60.7 Å². The van der Waals surface area contributed by atoms with Gasteiger partial charge < -0.3 is 15.0 Å². The van der Waals surface area contributed by atoms with Crippen molar-refractivity contribution in [3.05, 3.63) is 77.4 Å². The molecule has 3 rings (SSSR count). The summed E-state index contributed by atoms with van der Waals surface area (Å²) in [6.07, 6.45) is 5.93. The van der Waals surface area contributed by atoms with Crippen LogP contribution in [0.1, 0.15) is 42.9 Å². The number of benzene rings is 2. The van der Waals surface area contributed by atoms with E-state index in [-0.39, 0.29) is 18.2 Å². The van der Waals surface area contributed by atoms with Gasteiger partial charge in [-0.1, -0.05) is 54.3 Å². The molecule has 0 spiro atoms. The van der Waals surface area contributed by atoms with Crippen LogP contribution in [0.5, 0.6) is 0 Å². The Balaban J connectivity index is 1.52. The number of amides is 2. The van der Waals surface area contributed by atoms with Gasteiger partial charge in [0.1, 0.15) is 6.42 Å². The fourth-order valence-corrected chi connectivity index (χ4v) is 3.82. The quantitative estimate of drug-likeness (QED) is 0.191. The first-order chi connectivity index (χ1) is 16.1. The number of carbonyl (C=O) groups excluding carboxylic acids is 2. The normalized spacial score (nSPS) is 13.2. The highest BCUT2D eigenvalue weighted by Crippen LogP contribution is 2.25. The molecule has 0 aliphatic carbocycles. The molecule has 0 aromatic heterocycles. The number of allylic oxidation sites excluding steroid dienone is 2. The molecule has 1 aliphatic rings. The molecule has 172 valence electrons. The highest BCUT2D eigenvalue weighted by Gasteiger charge is 2.23. The summed E-state index contributed by atoms with van der Waals surface area (Å²) in [6, 6.07) is 15.3. The average molecular weight is 463 g/mol. The summed E-state index contributed by atoms with van der Waals surface area (Å²) in [6.45, 7) is 3.84. The second-order valence-corrected chi connectivity index (χ2v) is 8.84. The van der Waals surface area contributed by atoms with E-state index >= 15 is 0 Å². The fourth-order valence-electron chi connectivity index (χ4n) is 3.53. The summed E-state index contributed by atoms with van der Waals surface area (Å²) in [5.74, 6) is 5.80. The Kier molecular flexibility index (Phi) is 9.69. The number of rotatable bonds is 10. The van der Waals surface area contributed by atoms with Crippen molar-refractivity contribution in [1.29, 1.82) is 0 Å². The predicted octanol–water partition coefficient (Wildman–Crippen LogP) is 4.06. The molecule has 0 bridgehead atoms. The Morgan fingerprint density at radius 2 is 1.85 bits per heavy atom. The molecule has 2 atom stereocenters. The molecule has 33 heavy (non-hydrogen) atoms. The van der Waals surface area contributed by atoms with Gasteiger partial charge in [0.15, 0.2) is 0 Å². The average Bonchev–Trinajstić information content (AvgIpc) is 2.81. The molecule has 2 amide bonds. The summed E-state index contributed by atoms with van der Waals surface area (Å²) in [5.41, 5.74) is 3.85. The molecule has 2 aromatic carbocycles. The van der Waals surface area contributed by atoms with Crippen molar-refractivity contribution in [2.24, 2.45) is 0 Å². The van der Waals surface area contributed by atoms with E-state index in [0.29, 0.717) is 32.0 Å². The number of hydrogen-bond donors (Lipinski definition) is 1. The molecule has 5 nitrogen and oxygen atoms in total. The van der Waals surface area contributed by atoms with Gasteiger partial charge in [0, 0.05) is 24.3 Å². The Hall–Kier alpha value is -2.93. The second-order valence-electron chi connectivity index (χ2n) is 7.90. The minimum absolute atomic E-state index is 0.221. The first kappa shape index (κ1) is 24.7. The van der Waals surface area contributed by atoms with Crippen LogP contribution in [0.25, 0.3) is 0 Å². The summed E-state index contributed by atoms with van der Waals surface area (Å²) in [7, 11) is 2.83. The van der Waals surface area contributed by atoms with E-state index in [1.165, 1.54) is 0 Å². The van der Waals surface area contributed by atoms with Gasteiger partial charge in [-0.3, -0.25) is 9.59 Å². The van der Waals surface area contributed by atoms with E-state index in [9.17, 15) is 9.59 Å². The SMILES string of the molecule is CC=CCC(P)CCOCCNC(=O)CC(=O)N1Cc2ccccc2C#Cc2ccccc21. The van der Waals surface area contributed by atoms with Crippen LogP contribution in [0.2, 0.25) is 0 Å². The van der Waals surface area contributed by atoms with Crippen LogP contribution >= 0.6 is 9.24 Å². The molecular weight excluding hydrogens is 431 g/mol. The van der Waals surface area contributed by atoms with Gasteiger partial charge in [-0.15, -0.1) is 9.24 Å². The third-order valence-electron chi connectivity index (χ3n) is 5.36. The highest BCUT2D eigenvalue weighted by molar-refractivity contribution is 7.17. The van der Waals surface area contributed by atoms with Crippen molar-refractivity contribution >= 4 is 26.7 Å². The van der Waals surface area contributed by atoms with E-state index in [4.69, 9.17) is 4.74 Å². The fraction of sp³-hybridized carbons (Fsp3) is 0.333. The molecule has 1 N–H and O–H groups in total. The van der Waals surface area contributed by atoms with E-state index in [1.54, 1.807) is 4.90 Å². The molecule has 0 saturated carbocycles. The van der Waals surface area contributed by atoms with Crippen LogP contribution in [-0.4, -0.2) is 37.2 Å². The van der Waals surface area contributed by atoms with Crippen LogP contribution in [0.3, 0.4) is 0 Å². The van der Waals surface area contributed by atoms with E-state index in [2.05, 4.69) is 32.5 Å². The van der Waals surface area contributed by atoms with Gasteiger partial charge in [0.2, 0.25) is 11.8 Å². The number of para-hydroxylation sites is 1. The van der Waals surface area contributed by atoms with Gasteiger partial charge in [0.25, 0.3) is 0 Å². The maximum Gasteiger partial charge on any atom is 0.236 e. The van der Waals surface area contributed by atoms with Crippen LogP contribution < -0.4 is 10.2 Å². The minimum atomic E-state index is -0.306.